The molecule has 0 aliphatic carbocycles. The van der Waals surface area contributed by atoms with Crippen molar-refractivity contribution >= 4 is 22.7 Å². The molecular formula is C15H13N3S. The molecule has 3 aromatic rings. The minimum absolute atomic E-state index is 0.491. The van der Waals surface area contributed by atoms with Crippen molar-refractivity contribution < 1.29 is 0 Å². The van der Waals surface area contributed by atoms with Gasteiger partial charge < -0.3 is 5.73 Å². The summed E-state index contributed by atoms with van der Waals surface area (Å²) in [5.74, 6) is 0. The lowest BCUT2D eigenvalue weighted by molar-refractivity contribution is 0.981. The summed E-state index contributed by atoms with van der Waals surface area (Å²) in [4.78, 5) is 9.84. The van der Waals surface area contributed by atoms with E-state index in [-0.39, 0.29) is 0 Å². The zero-order valence-electron chi connectivity index (χ0n) is 10.3. The molecule has 0 spiro atoms. The number of nitrogens with two attached hydrogens (primary N) is 1. The van der Waals surface area contributed by atoms with Crippen LogP contribution in [0.1, 0.15) is 5.56 Å². The first-order valence-electron chi connectivity index (χ1n) is 6.03. The summed E-state index contributed by atoms with van der Waals surface area (Å²) in [7, 11) is 0. The third kappa shape index (κ3) is 2.59. The second kappa shape index (κ2) is 5.38. The molecule has 2 aromatic heterocycles. The number of fused-ring (bicyclic) bond motifs is 1. The fourth-order valence-corrected chi connectivity index (χ4v) is 2.79. The van der Waals surface area contributed by atoms with Crippen LogP contribution in [-0.4, -0.2) is 9.97 Å². The van der Waals surface area contributed by atoms with Crippen LogP contribution in [-0.2, 0) is 6.54 Å². The van der Waals surface area contributed by atoms with Crippen molar-refractivity contribution in [2.75, 3.05) is 0 Å². The summed E-state index contributed by atoms with van der Waals surface area (Å²) in [6.07, 6.45) is 3.57. The van der Waals surface area contributed by atoms with E-state index in [0.29, 0.717) is 6.54 Å². The Hall–Kier alpha value is -1.91. The van der Waals surface area contributed by atoms with E-state index in [0.717, 1.165) is 26.4 Å². The van der Waals surface area contributed by atoms with Crippen molar-refractivity contribution in [2.45, 2.75) is 16.5 Å². The van der Waals surface area contributed by atoms with Crippen molar-refractivity contribution in [1.29, 1.82) is 0 Å². The molecule has 0 atom stereocenters. The molecule has 3 nitrogen and oxygen atoms in total. The molecule has 2 heterocycles. The average Bonchev–Trinajstić information content (AvgIpc) is 2.47. The lowest BCUT2D eigenvalue weighted by atomic mass is 10.1. The molecule has 0 amide bonds. The Morgan fingerprint density at radius 3 is 2.63 bits per heavy atom. The van der Waals surface area contributed by atoms with Crippen LogP contribution >= 0.6 is 11.8 Å². The number of pyridine rings is 2. The topological polar surface area (TPSA) is 51.8 Å². The summed E-state index contributed by atoms with van der Waals surface area (Å²) in [6.45, 7) is 0.491. The fourth-order valence-electron chi connectivity index (χ4n) is 1.89. The average molecular weight is 267 g/mol. The largest absolute Gasteiger partial charge is 0.326 e. The van der Waals surface area contributed by atoms with Gasteiger partial charge in [0.15, 0.2) is 0 Å². The lowest BCUT2D eigenvalue weighted by Crippen LogP contribution is -2.00. The van der Waals surface area contributed by atoms with E-state index < -0.39 is 0 Å². The first kappa shape index (κ1) is 12.1. The van der Waals surface area contributed by atoms with Gasteiger partial charge in [-0.15, -0.1) is 0 Å². The van der Waals surface area contributed by atoms with Gasteiger partial charge in [-0.2, -0.15) is 0 Å². The molecule has 0 unspecified atom stereocenters. The second-order valence-electron chi connectivity index (χ2n) is 4.13. The minimum atomic E-state index is 0.491. The highest BCUT2D eigenvalue weighted by Crippen LogP contribution is 2.30. The molecule has 2 N–H and O–H groups in total. The third-order valence-corrected chi connectivity index (χ3v) is 3.90. The number of benzene rings is 1. The van der Waals surface area contributed by atoms with E-state index in [1.54, 1.807) is 24.2 Å². The van der Waals surface area contributed by atoms with Crippen LogP contribution in [0, 0.1) is 0 Å². The van der Waals surface area contributed by atoms with Gasteiger partial charge in [-0.3, -0.25) is 4.98 Å². The monoisotopic (exact) mass is 267 g/mol. The van der Waals surface area contributed by atoms with Gasteiger partial charge in [0.05, 0.1) is 5.52 Å². The van der Waals surface area contributed by atoms with Gasteiger partial charge in [-0.05, 0) is 29.8 Å². The Morgan fingerprint density at radius 1 is 1.05 bits per heavy atom. The maximum Gasteiger partial charge on any atom is 0.106 e. The van der Waals surface area contributed by atoms with E-state index in [4.69, 9.17) is 10.7 Å². The van der Waals surface area contributed by atoms with Crippen LogP contribution in [0.3, 0.4) is 0 Å². The smallest absolute Gasteiger partial charge is 0.106 e. The zero-order valence-corrected chi connectivity index (χ0v) is 11.1. The Balaban J connectivity index is 2.06. The van der Waals surface area contributed by atoms with Gasteiger partial charge in [0, 0.05) is 29.2 Å². The number of rotatable bonds is 3. The first-order chi connectivity index (χ1) is 9.36. The maximum atomic E-state index is 5.83. The Bertz CT molecular complexity index is 698. The van der Waals surface area contributed by atoms with E-state index >= 15 is 0 Å². The SMILES string of the molecule is NCc1cc2ccccc2nc1Sc1ccncc1. The molecule has 0 aliphatic rings. The summed E-state index contributed by atoms with van der Waals surface area (Å²) >= 11 is 1.62. The van der Waals surface area contributed by atoms with E-state index in [9.17, 15) is 0 Å². The number of hydrogen-bond acceptors (Lipinski definition) is 4. The van der Waals surface area contributed by atoms with Crippen LogP contribution in [0.15, 0.2) is 64.8 Å². The summed E-state index contributed by atoms with van der Waals surface area (Å²) < 4.78 is 0. The highest BCUT2D eigenvalue weighted by Gasteiger charge is 2.07. The molecule has 94 valence electrons. The van der Waals surface area contributed by atoms with Crippen LogP contribution in [0.4, 0.5) is 0 Å². The number of hydrogen-bond donors (Lipinski definition) is 1. The van der Waals surface area contributed by atoms with Gasteiger partial charge in [0.2, 0.25) is 0 Å². The number of nitrogens with zero attached hydrogens (tertiary/aromatic N) is 2. The quantitative estimate of drug-likeness (QED) is 0.791. The Morgan fingerprint density at radius 2 is 1.84 bits per heavy atom. The van der Waals surface area contributed by atoms with Crippen molar-refractivity contribution in [3.63, 3.8) is 0 Å². The van der Waals surface area contributed by atoms with E-state index in [2.05, 4.69) is 17.1 Å². The maximum absolute atomic E-state index is 5.83. The molecule has 0 aliphatic heterocycles. The summed E-state index contributed by atoms with van der Waals surface area (Å²) in [5, 5.41) is 2.09. The molecule has 0 saturated heterocycles. The van der Waals surface area contributed by atoms with Gasteiger partial charge in [-0.1, -0.05) is 30.0 Å². The normalized spacial score (nSPS) is 10.8. The van der Waals surface area contributed by atoms with E-state index in [1.807, 2.05) is 30.3 Å². The van der Waals surface area contributed by atoms with Gasteiger partial charge in [0.1, 0.15) is 5.03 Å². The summed E-state index contributed by atoms with van der Waals surface area (Å²) in [5.41, 5.74) is 7.90. The van der Waals surface area contributed by atoms with E-state index in [1.165, 1.54) is 0 Å². The predicted molar refractivity (Wildman–Crippen MR) is 78.0 cm³/mol. The van der Waals surface area contributed by atoms with Crippen molar-refractivity contribution in [3.05, 3.63) is 60.4 Å². The molecular weight excluding hydrogens is 254 g/mol. The van der Waals surface area contributed by atoms with Gasteiger partial charge in [0.25, 0.3) is 0 Å². The van der Waals surface area contributed by atoms with Crippen LogP contribution < -0.4 is 5.73 Å². The van der Waals surface area contributed by atoms with Crippen LogP contribution in [0.25, 0.3) is 10.9 Å². The van der Waals surface area contributed by atoms with Crippen LogP contribution in [0.5, 0.6) is 0 Å². The highest BCUT2D eigenvalue weighted by molar-refractivity contribution is 7.99. The number of aromatic nitrogens is 2. The van der Waals surface area contributed by atoms with Gasteiger partial charge >= 0.3 is 0 Å². The minimum Gasteiger partial charge on any atom is -0.326 e. The standard InChI is InChI=1S/C15H13N3S/c16-10-12-9-11-3-1-2-4-14(11)18-15(12)19-13-5-7-17-8-6-13/h1-9H,10,16H2. The predicted octanol–water partition coefficient (Wildman–Crippen LogP) is 3.24. The Labute approximate surface area is 115 Å². The molecule has 0 saturated carbocycles. The van der Waals surface area contributed by atoms with Crippen molar-refractivity contribution in [3.8, 4) is 0 Å². The Kier molecular flexibility index (Phi) is 3.44. The lowest BCUT2D eigenvalue weighted by Gasteiger charge is -2.08. The van der Waals surface area contributed by atoms with Crippen molar-refractivity contribution in [2.24, 2.45) is 5.73 Å². The summed E-state index contributed by atoms with van der Waals surface area (Å²) in [6, 6.07) is 14.2. The molecule has 0 bridgehead atoms. The number of para-hydroxylation sites is 1. The van der Waals surface area contributed by atoms with Crippen molar-refractivity contribution in [1.82, 2.24) is 9.97 Å². The highest BCUT2D eigenvalue weighted by atomic mass is 32.2. The molecule has 1 aromatic carbocycles. The third-order valence-electron chi connectivity index (χ3n) is 2.85. The molecule has 0 radical (unpaired) electrons. The molecule has 19 heavy (non-hydrogen) atoms. The molecule has 4 heteroatoms. The molecule has 3 rings (SSSR count). The second-order valence-corrected chi connectivity index (χ2v) is 5.20. The molecule has 0 fully saturated rings. The van der Waals surface area contributed by atoms with Crippen LogP contribution in [0.2, 0.25) is 0 Å². The first-order valence-corrected chi connectivity index (χ1v) is 6.85. The zero-order chi connectivity index (χ0) is 13.1. The fraction of sp³-hybridized carbons (Fsp3) is 0.0667. The van der Waals surface area contributed by atoms with Gasteiger partial charge in [-0.25, -0.2) is 4.98 Å².